The zero-order valence-corrected chi connectivity index (χ0v) is 16.0. The zero-order valence-electron chi connectivity index (χ0n) is 15.2. The van der Waals surface area contributed by atoms with Crippen LogP contribution in [0.5, 0.6) is 5.88 Å². The number of carboxylic acid groups (broad SMARTS) is 1. The number of hydrogen-bond donors (Lipinski definition) is 1. The Balaban J connectivity index is 1.85. The summed E-state index contributed by atoms with van der Waals surface area (Å²) in [5.41, 5.74) is 0.188. The minimum atomic E-state index is -1.10. The van der Waals surface area contributed by atoms with E-state index in [1.165, 1.54) is 17.2 Å². The number of carbonyl (C=O) groups excluding carboxylic acids is 1. The van der Waals surface area contributed by atoms with Crippen LogP contribution >= 0.6 is 11.6 Å². The second-order valence-electron chi connectivity index (χ2n) is 6.78. The molecule has 1 N–H and O–H groups in total. The van der Waals surface area contributed by atoms with Crippen LogP contribution < -0.4 is 4.74 Å². The molecule has 1 amide bonds. The highest BCUT2D eigenvalue weighted by Crippen LogP contribution is 2.26. The molecule has 0 aromatic carbocycles. The summed E-state index contributed by atoms with van der Waals surface area (Å²) in [5, 5.41) is 17.7. The first kappa shape index (κ1) is 19.1. The van der Waals surface area contributed by atoms with Gasteiger partial charge in [0.2, 0.25) is 5.88 Å². The quantitative estimate of drug-likeness (QED) is 0.824. The number of aliphatic carboxylic acids is 1. The predicted octanol–water partition coefficient (Wildman–Crippen LogP) is 1.78. The van der Waals surface area contributed by atoms with E-state index < -0.39 is 17.9 Å². The number of fused-ring (bicyclic) bond motifs is 1. The summed E-state index contributed by atoms with van der Waals surface area (Å²) in [5.74, 6) is 0.103. The van der Waals surface area contributed by atoms with Gasteiger partial charge in [0, 0.05) is 6.20 Å². The predicted molar refractivity (Wildman–Crippen MR) is 95.6 cm³/mol. The van der Waals surface area contributed by atoms with Crippen molar-refractivity contribution in [2.45, 2.75) is 39.9 Å². The van der Waals surface area contributed by atoms with E-state index in [1.54, 1.807) is 11.5 Å². The van der Waals surface area contributed by atoms with E-state index >= 15 is 0 Å². The Labute approximate surface area is 160 Å². The Morgan fingerprint density at radius 3 is 2.78 bits per heavy atom. The number of rotatable bonds is 5. The van der Waals surface area contributed by atoms with Crippen molar-refractivity contribution in [1.29, 1.82) is 0 Å². The topological polar surface area (TPSA) is 110 Å². The lowest BCUT2D eigenvalue weighted by Crippen LogP contribution is -2.50. The van der Waals surface area contributed by atoms with Crippen LogP contribution in [0.25, 0.3) is 0 Å². The molecule has 0 fully saturated rings. The molecule has 1 aliphatic heterocycles. The monoisotopic (exact) mass is 393 g/mol. The maximum Gasteiger partial charge on any atom is 0.328 e. The second-order valence-corrected chi connectivity index (χ2v) is 7.18. The first-order valence-electron chi connectivity index (χ1n) is 8.48. The van der Waals surface area contributed by atoms with Crippen LogP contribution in [0.1, 0.15) is 35.9 Å². The lowest BCUT2D eigenvalue weighted by molar-refractivity contribution is -0.143. The van der Waals surface area contributed by atoms with Gasteiger partial charge in [-0.2, -0.15) is 0 Å². The fraction of sp³-hybridized carbons (Fsp3) is 0.471. The van der Waals surface area contributed by atoms with E-state index in [0.29, 0.717) is 24.2 Å². The van der Waals surface area contributed by atoms with E-state index in [4.69, 9.17) is 16.3 Å². The minimum absolute atomic E-state index is 0.0415. The van der Waals surface area contributed by atoms with Crippen LogP contribution in [-0.4, -0.2) is 54.3 Å². The SMILES string of the molecule is Cc1nnc2n1CC(C(=O)O)N(C(=O)c1cnc(OCC(C)C)c(Cl)c1)C2. The highest BCUT2D eigenvalue weighted by atomic mass is 35.5. The Kier molecular flexibility index (Phi) is 5.31. The molecule has 0 radical (unpaired) electrons. The van der Waals surface area contributed by atoms with Gasteiger partial charge in [0.1, 0.15) is 16.9 Å². The van der Waals surface area contributed by atoms with Crippen LogP contribution in [0.4, 0.5) is 0 Å². The first-order chi connectivity index (χ1) is 12.8. The standard InChI is InChI=1S/C17H20ClN5O4/c1-9(2)8-27-15-12(18)4-11(5-19-15)16(24)23-7-14-21-20-10(3)22(14)6-13(23)17(25)26/h4-5,9,13H,6-8H2,1-3H3,(H,25,26). The smallest absolute Gasteiger partial charge is 0.328 e. The number of hydrogen-bond acceptors (Lipinski definition) is 6. The summed E-state index contributed by atoms with van der Waals surface area (Å²) in [6, 6.07) is 0.408. The molecule has 9 nitrogen and oxygen atoms in total. The number of ether oxygens (including phenoxy) is 1. The molecule has 3 heterocycles. The van der Waals surface area contributed by atoms with E-state index in [0.717, 1.165) is 0 Å². The van der Waals surface area contributed by atoms with Gasteiger partial charge in [0.25, 0.3) is 5.91 Å². The Bertz CT molecular complexity index is 882. The number of pyridine rings is 1. The van der Waals surface area contributed by atoms with Gasteiger partial charge in [0.05, 0.1) is 25.3 Å². The van der Waals surface area contributed by atoms with Gasteiger partial charge in [-0.1, -0.05) is 25.4 Å². The molecule has 1 aliphatic rings. The van der Waals surface area contributed by atoms with E-state index in [9.17, 15) is 14.7 Å². The number of aromatic nitrogens is 4. The van der Waals surface area contributed by atoms with Gasteiger partial charge in [-0.05, 0) is 18.9 Å². The Hall–Kier alpha value is -2.68. The van der Waals surface area contributed by atoms with Crippen molar-refractivity contribution in [2.24, 2.45) is 5.92 Å². The molecule has 1 atom stereocenters. The zero-order chi connectivity index (χ0) is 19.7. The molecule has 2 aromatic heterocycles. The van der Waals surface area contributed by atoms with Crippen LogP contribution in [0.3, 0.4) is 0 Å². The molecule has 0 saturated carbocycles. The van der Waals surface area contributed by atoms with Crippen LogP contribution in [0.15, 0.2) is 12.3 Å². The van der Waals surface area contributed by atoms with Crippen molar-refractivity contribution < 1.29 is 19.4 Å². The molecule has 10 heteroatoms. The normalized spacial score (nSPS) is 16.3. The van der Waals surface area contributed by atoms with Crippen LogP contribution in [0, 0.1) is 12.8 Å². The number of nitrogens with zero attached hydrogens (tertiary/aromatic N) is 5. The fourth-order valence-corrected chi connectivity index (χ4v) is 3.02. The molecular weight excluding hydrogens is 374 g/mol. The molecule has 2 aromatic rings. The number of amides is 1. The van der Waals surface area contributed by atoms with Gasteiger partial charge < -0.3 is 19.3 Å². The summed E-state index contributed by atoms with van der Waals surface area (Å²) < 4.78 is 7.21. The van der Waals surface area contributed by atoms with E-state index in [2.05, 4.69) is 15.2 Å². The summed E-state index contributed by atoms with van der Waals surface area (Å²) in [6.07, 6.45) is 1.34. The van der Waals surface area contributed by atoms with Crippen molar-refractivity contribution in [3.05, 3.63) is 34.5 Å². The van der Waals surface area contributed by atoms with Crippen molar-refractivity contribution in [2.75, 3.05) is 6.61 Å². The molecule has 0 aliphatic carbocycles. The molecule has 3 rings (SSSR count). The maximum absolute atomic E-state index is 12.9. The number of carbonyl (C=O) groups is 2. The summed E-state index contributed by atoms with van der Waals surface area (Å²) in [6.45, 7) is 6.31. The molecule has 27 heavy (non-hydrogen) atoms. The highest BCUT2D eigenvalue weighted by molar-refractivity contribution is 6.32. The van der Waals surface area contributed by atoms with Crippen molar-refractivity contribution in [1.82, 2.24) is 24.6 Å². The second kappa shape index (κ2) is 7.51. The average Bonchev–Trinajstić information content (AvgIpc) is 2.99. The molecule has 144 valence electrons. The third kappa shape index (κ3) is 3.87. The Morgan fingerprint density at radius 2 is 2.15 bits per heavy atom. The largest absolute Gasteiger partial charge is 0.480 e. The summed E-state index contributed by atoms with van der Waals surface area (Å²) >= 11 is 6.18. The third-order valence-electron chi connectivity index (χ3n) is 4.21. The summed E-state index contributed by atoms with van der Waals surface area (Å²) in [4.78, 5) is 30.0. The number of halogens is 1. The fourth-order valence-electron chi connectivity index (χ4n) is 2.80. The maximum atomic E-state index is 12.9. The van der Waals surface area contributed by atoms with E-state index in [-0.39, 0.29) is 29.6 Å². The van der Waals surface area contributed by atoms with Crippen molar-refractivity contribution in [3.8, 4) is 5.88 Å². The lowest BCUT2D eigenvalue weighted by atomic mass is 10.1. The average molecular weight is 394 g/mol. The molecular formula is C17H20ClN5O4. The van der Waals surface area contributed by atoms with Gasteiger partial charge >= 0.3 is 5.97 Å². The van der Waals surface area contributed by atoms with Gasteiger partial charge in [-0.15, -0.1) is 10.2 Å². The Morgan fingerprint density at radius 1 is 1.41 bits per heavy atom. The van der Waals surface area contributed by atoms with E-state index in [1.807, 2.05) is 13.8 Å². The first-order valence-corrected chi connectivity index (χ1v) is 8.86. The van der Waals surface area contributed by atoms with Crippen LogP contribution in [-0.2, 0) is 17.9 Å². The van der Waals surface area contributed by atoms with Crippen molar-refractivity contribution in [3.63, 3.8) is 0 Å². The van der Waals surface area contributed by atoms with Gasteiger partial charge in [-0.3, -0.25) is 4.79 Å². The summed E-state index contributed by atoms with van der Waals surface area (Å²) in [7, 11) is 0. The third-order valence-corrected chi connectivity index (χ3v) is 4.48. The molecule has 1 unspecified atom stereocenters. The molecule has 0 saturated heterocycles. The lowest BCUT2D eigenvalue weighted by Gasteiger charge is -2.33. The van der Waals surface area contributed by atoms with Gasteiger partial charge in [0.15, 0.2) is 5.82 Å². The number of carboxylic acids is 1. The molecule has 0 spiro atoms. The highest BCUT2D eigenvalue weighted by Gasteiger charge is 2.37. The van der Waals surface area contributed by atoms with Crippen LogP contribution in [0.2, 0.25) is 5.02 Å². The number of aryl methyl sites for hydroxylation is 1. The van der Waals surface area contributed by atoms with Crippen molar-refractivity contribution >= 4 is 23.5 Å². The molecule has 0 bridgehead atoms. The minimum Gasteiger partial charge on any atom is -0.480 e. The van der Waals surface area contributed by atoms with Gasteiger partial charge in [-0.25, -0.2) is 9.78 Å².